The number of para-hydroxylation sites is 1. The number of nitrogens with zero attached hydrogens (tertiary/aromatic N) is 3. The molecule has 0 amide bonds. The van der Waals surface area contributed by atoms with E-state index in [4.69, 9.17) is 5.73 Å². The first-order valence-corrected chi connectivity index (χ1v) is 6.99. The molecular weight excluding hydrogens is 236 g/mol. The van der Waals surface area contributed by atoms with Gasteiger partial charge in [0.05, 0.1) is 0 Å². The summed E-state index contributed by atoms with van der Waals surface area (Å²) in [6.07, 6.45) is 6.13. The van der Waals surface area contributed by atoms with Crippen LogP contribution in [0.15, 0.2) is 36.7 Å². The molecular formula is C15H22N4. The van der Waals surface area contributed by atoms with Crippen molar-refractivity contribution in [3.05, 3.63) is 42.5 Å². The lowest BCUT2D eigenvalue weighted by molar-refractivity contribution is 0.437. The molecule has 0 radical (unpaired) electrons. The van der Waals surface area contributed by atoms with Gasteiger partial charge >= 0.3 is 0 Å². The molecule has 2 N–H and O–H groups in total. The molecule has 0 saturated heterocycles. The summed E-state index contributed by atoms with van der Waals surface area (Å²) in [5, 5.41) is 8.28. The average molecular weight is 258 g/mol. The van der Waals surface area contributed by atoms with Crippen molar-refractivity contribution in [3.8, 4) is 5.69 Å². The van der Waals surface area contributed by atoms with E-state index in [1.165, 1.54) is 6.42 Å². The number of aromatic nitrogens is 3. The molecule has 102 valence electrons. The molecule has 0 bridgehead atoms. The third kappa shape index (κ3) is 3.64. The van der Waals surface area contributed by atoms with E-state index in [1.807, 2.05) is 18.2 Å². The number of benzene rings is 1. The second-order valence-corrected chi connectivity index (χ2v) is 4.84. The van der Waals surface area contributed by atoms with Gasteiger partial charge in [-0.2, -0.15) is 0 Å². The Hall–Kier alpha value is -1.68. The summed E-state index contributed by atoms with van der Waals surface area (Å²) in [7, 11) is 0. The van der Waals surface area contributed by atoms with Crippen molar-refractivity contribution in [3.63, 3.8) is 0 Å². The van der Waals surface area contributed by atoms with Crippen LogP contribution < -0.4 is 5.73 Å². The van der Waals surface area contributed by atoms with E-state index in [0.717, 1.165) is 37.3 Å². The van der Waals surface area contributed by atoms with Crippen molar-refractivity contribution in [1.29, 1.82) is 0 Å². The SMILES string of the molecule is CCC(CCN)CCc1nncn1-c1ccccc1. The fraction of sp³-hybridized carbons (Fsp3) is 0.467. The molecule has 4 heteroatoms. The van der Waals surface area contributed by atoms with Gasteiger partial charge in [0.1, 0.15) is 12.2 Å². The summed E-state index contributed by atoms with van der Waals surface area (Å²) in [5.74, 6) is 1.72. The Labute approximate surface area is 114 Å². The quantitative estimate of drug-likeness (QED) is 0.830. The number of hydrogen-bond acceptors (Lipinski definition) is 3. The van der Waals surface area contributed by atoms with Crippen LogP contribution in [0.1, 0.15) is 32.0 Å². The molecule has 0 saturated carbocycles. The molecule has 1 aromatic carbocycles. The molecule has 1 aromatic heterocycles. The Morgan fingerprint density at radius 2 is 2.00 bits per heavy atom. The second kappa shape index (κ2) is 7.04. The lowest BCUT2D eigenvalue weighted by Gasteiger charge is -2.13. The van der Waals surface area contributed by atoms with Crippen LogP contribution in [0.4, 0.5) is 0 Å². The minimum absolute atomic E-state index is 0.686. The van der Waals surface area contributed by atoms with E-state index in [1.54, 1.807) is 6.33 Å². The average Bonchev–Trinajstić information content (AvgIpc) is 2.93. The lowest BCUT2D eigenvalue weighted by atomic mass is 9.96. The van der Waals surface area contributed by atoms with Gasteiger partial charge in [-0.1, -0.05) is 31.5 Å². The molecule has 2 rings (SSSR count). The number of aryl methyl sites for hydroxylation is 1. The van der Waals surface area contributed by atoms with Gasteiger partial charge in [-0.3, -0.25) is 4.57 Å². The summed E-state index contributed by atoms with van der Waals surface area (Å²) in [6, 6.07) is 10.2. The Kier molecular flexibility index (Phi) is 5.10. The molecule has 1 atom stereocenters. The third-order valence-corrected chi connectivity index (χ3v) is 3.58. The summed E-state index contributed by atoms with van der Waals surface area (Å²) in [6.45, 7) is 2.99. The van der Waals surface area contributed by atoms with E-state index in [0.29, 0.717) is 5.92 Å². The smallest absolute Gasteiger partial charge is 0.137 e. The molecule has 0 fully saturated rings. The van der Waals surface area contributed by atoms with Gasteiger partial charge in [-0.05, 0) is 37.4 Å². The zero-order chi connectivity index (χ0) is 13.5. The minimum atomic E-state index is 0.686. The molecule has 2 aromatic rings. The maximum Gasteiger partial charge on any atom is 0.137 e. The van der Waals surface area contributed by atoms with Crippen molar-refractivity contribution in [2.24, 2.45) is 11.7 Å². The monoisotopic (exact) mass is 258 g/mol. The first kappa shape index (κ1) is 13.7. The van der Waals surface area contributed by atoms with E-state index in [9.17, 15) is 0 Å². The highest BCUT2D eigenvalue weighted by molar-refractivity contribution is 5.31. The van der Waals surface area contributed by atoms with Crippen molar-refractivity contribution >= 4 is 0 Å². The fourth-order valence-electron chi connectivity index (χ4n) is 2.36. The molecule has 0 spiro atoms. The molecule has 1 heterocycles. The highest BCUT2D eigenvalue weighted by Crippen LogP contribution is 2.17. The van der Waals surface area contributed by atoms with Gasteiger partial charge < -0.3 is 5.73 Å². The zero-order valence-electron chi connectivity index (χ0n) is 11.5. The minimum Gasteiger partial charge on any atom is -0.330 e. The van der Waals surface area contributed by atoms with Crippen LogP contribution in [0.5, 0.6) is 0 Å². The van der Waals surface area contributed by atoms with Gasteiger partial charge in [-0.15, -0.1) is 10.2 Å². The lowest BCUT2D eigenvalue weighted by Crippen LogP contribution is -2.10. The number of nitrogens with two attached hydrogens (primary N) is 1. The Bertz CT molecular complexity index is 478. The standard InChI is InChI=1S/C15H22N4/c1-2-13(10-11-16)8-9-15-18-17-12-19(15)14-6-4-3-5-7-14/h3-7,12-13H,2,8-11,16H2,1H3. The van der Waals surface area contributed by atoms with Crippen LogP contribution in [0, 0.1) is 5.92 Å². The van der Waals surface area contributed by atoms with Gasteiger partial charge in [0.25, 0.3) is 0 Å². The molecule has 0 aliphatic heterocycles. The van der Waals surface area contributed by atoms with Crippen molar-refractivity contribution < 1.29 is 0 Å². The second-order valence-electron chi connectivity index (χ2n) is 4.84. The number of rotatable bonds is 7. The van der Waals surface area contributed by atoms with Crippen molar-refractivity contribution in [1.82, 2.24) is 14.8 Å². The molecule has 4 nitrogen and oxygen atoms in total. The normalized spacial score (nSPS) is 12.5. The largest absolute Gasteiger partial charge is 0.330 e. The van der Waals surface area contributed by atoms with Crippen molar-refractivity contribution in [2.75, 3.05) is 6.54 Å². The number of hydrogen-bond donors (Lipinski definition) is 1. The van der Waals surface area contributed by atoms with Gasteiger partial charge in [0.2, 0.25) is 0 Å². The maximum atomic E-state index is 5.64. The summed E-state index contributed by atoms with van der Waals surface area (Å²) in [4.78, 5) is 0. The van der Waals surface area contributed by atoms with E-state index >= 15 is 0 Å². The fourth-order valence-corrected chi connectivity index (χ4v) is 2.36. The van der Waals surface area contributed by atoms with E-state index < -0.39 is 0 Å². The summed E-state index contributed by atoms with van der Waals surface area (Å²) in [5.41, 5.74) is 6.76. The Balaban J connectivity index is 2.04. The predicted octanol–water partition coefficient (Wildman–Crippen LogP) is 2.57. The Morgan fingerprint density at radius 1 is 1.21 bits per heavy atom. The predicted molar refractivity (Wildman–Crippen MR) is 77.1 cm³/mol. The topological polar surface area (TPSA) is 56.7 Å². The van der Waals surface area contributed by atoms with Gasteiger partial charge in [0.15, 0.2) is 0 Å². The van der Waals surface area contributed by atoms with Gasteiger partial charge in [0, 0.05) is 12.1 Å². The zero-order valence-corrected chi connectivity index (χ0v) is 11.5. The first-order chi connectivity index (χ1) is 9.35. The van der Waals surface area contributed by atoms with Crippen LogP contribution in [0.25, 0.3) is 5.69 Å². The Morgan fingerprint density at radius 3 is 2.68 bits per heavy atom. The highest BCUT2D eigenvalue weighted by atomic mass is 15.3. The van der Waals surface area contributed by atoms with Crippen LogP contribution in [-0.4, -0.2) is 21.3 Å². The van der Waals surface area contributed by atoms with Crippen LogP contribution in [0.3, 0.4) is 0 Å². The summed E-state index contributed by atoms with van der Waals surface area (Å²) < 4.78 is 2.06. The molecule has 0 aliphatic carbocycles. The molecule has 1 unspecified atom stereocenters. The first-order valence-electron chi connectivity index (χ1n) is 6.99. The third-order valence-electron chi connectivity index (χ3n) is 3.58. The summed E-state index contributed by atoms with van der Waals surface area (Å²) >= 11 is 0. The molecule has 19 heavy (non-hydrogen) atoms. The van der Waals surface area contributed by atoms with Crippen LogP contribution >= 0.6 is 0 Å². The van der Waals surface area contributed by atoms with Crippen molar-refractivity contribution in [2.45, 2.75) is 32.6 Å². The van der Waals surface area contributed by atoms with Crippen LogP contribution in [0.2, 0.25) is 0 Å². The molecule has 0 aliphatic rings. The maximum absolute atomic E-state index is 5.64. The van der Waals surface area contributed by atoms with Crippen LogP contribution in [-0.2, 0) is 6.42 Å². The van der Waals surface area contributed by atoms with E-state index in [2.05, 4.69) is 33.8 Å². The van der Waals surface area contributed by atoms with Gasteiger partial charge in [-0.25, -0.2) is 0 Å². The highest BCUT2D eigenvalue weighted by Gasteiger charge is 2.10. The van der Waals surface area contributed by atoms with E-state index in [-0.39, 0.29) is 0 Å².